The number of anilines is 1. The van der Waals surface area contributed by atoms with Crippen LogP contribution in [0.25, 0.3) is 0 Å². The number of aryl methyl sites for hydroxylation is 2. The molecule has 0 aliphatic heterocycles. The van der Waals surface area contributed by atoms with E-state index >= 15 is 0 Å². The van der Waals surface area contributed by atoms with Gasteiger partial charge in [-0.1, -0.05) is 24.3 Å². The summed E-state index contributed by atoms with van der Waals surface area (Å²) in [5.74, 6) is 0.983. The Bertz CT molecular complexity index is 548. The van der Waals surface area contributed by atoms with Crippen LogP contribution in [0.1, 0.15) is 35.6 Å². The van der Waals surface area contributed by atoms with E-state index in [9.17, 15) is 0 Å². The molecule has 3 rings (SSSR count). The van der Waals surface area contributed by atoms with Gasteiger partial charge in [-0.25, -0.2) is 4.98 Å². The van der Waals surface area contributed by atoms with Gasteiger partial charge in [0.05, 0.1) is 6.04 Å². The number of nitrogens with zero attached hydrogens (tertiary/aromatic N) is 1. The molecule has 2 nitrogen and oxygen atoms in total. The third kappa shape index (κ3) is 2.23. The van der Waals surface area contributed by atoms with E-state index < -0.39 is 0 Å². The van der Waals surface area contributed by atoms with Crippen molar-refractivity contribution in [1.82, 2.24) is 4.98 Å². The first-order chi connectivity index (χ1) is 8.83. The lowest BCUT2D eigenvalue weighted by Gasteiger charge is -2.26. The van der Waals surface area contributed by atoms with Crippen molar-refractivity contribution in [1.29, 1.82) is 0 Å². The molecule has 1 aromatic heterocycles. The number of hydrogen-bond donors (Lipinski definition) is 1. The van der Waals surface area contributed by atoms with Crippen LogP contribution in [0.5, 0.6) is 0 Å². The zero-order chi connectivity index (χ0) is 12.4. The zero-order valence-corrected chi connectivity index (χ0v) is 10.7. The minimum Gasteiger partial charge on any atom is -0.363 e. The number of pyridine rings is 1. The van der Waals surface area contributed by atoms with Gasteiger partial charge in [0.1, 0.15) is 5.82 Å². The molecule has 0 saturated carbocycles. The van der Waals surface area contributed by atoms with Gasteiger partial charge in [0.2, 0.25) is 0 Å². The average molecular weight is 238 g/mol. The fourth-order valence-corrected chi connectivity index (χ4v) is 2.70. The molecular weight excluding hydrogens is 220 g/mol. The highest BCUT2D eigenvalue weighted by Gasteiger charge is 2.19. The summed E-state index contributed by atoms with van der Waals surface area (Å²) in [7, 11) is 0. The Balaban J connectivity index is 1.86. The van der Waals surface area contributed by atoms with Crippen LogP contribution < -0.4 is 5.32 Å². The van der Waals surface area contributed by atoms with Crippen LogP contribution in [0.3, 0.4) is 0 Å². The SMILES string of the molecule is Cc1ccnc(NC2CCCc3ccccc32)c1. The highest BCUT2D eigenvalue weighted by molar-refractivity contribution is 5.43. The molecule has 0 fully saturated rings. The highest BCUT2D eigenvalue weighted by atomic mass is 15.0. The summed E-state index contributed by atoms with van der Waals surface area (Å²) in [6, 6.07) is 13.3. The van der Waals surface area contributed by atoms with Crippen LogP contribution in [0.15, 0.2) is 42.6 Å². The molecule has 0 bridgehead atoms. The van der Waals surface area contributed by atoms with Crippen molar-refractivity contribution in [3.05, 3.63) is 59.3 Å². The topological polar surface area (TPSA) is 24.9 Å². The van der Waals surface area contributed by atoms with Crippen LogP contribution >= 0.6 is 0 Å². The summed E-state index contributed by atoms with van der Waals surface area (Å²) >= 11 is 0. The van der Waals surface area contributed by atoms with Gasteiger partial charge in [0.15, 0.2) is 0 Å². The summed E-state index contributed by atoms with van der Waals surface area (Å²) in [5.41, 5.74) is 4.16. The third-order valence-corrected chi connectivity index (χ3v) is 3.61. The fourth-order valence-electron chi connectivity index (χ4n) is 2.70. The molecule has 92 valence electrons. The number of hydrogen-bond acceptors (Lipinski definition) is 2. The molecule has 1 aliphatic rings. The number of fused-ring (bicyclic) bond motifs is 1. The highest BCUT2D eigenvalue weighted by Crippen LogP contribution is 2.31. The van der Waals surface area contributed by atoms with E-state index in [0.29, 0.717) is 6.04 Å². The Morgan fingerprint density at radius 1 is 1.22 bits per heavy atom. The first-order valence-electron chi connectivity index (χ1n) is 6.60. The maximum atomic E-state index is 4.40. The first-order valence-corrected chi connectivity index (χ1v) is 6.60. The van der Waals surface area contributed by atoms with Gasteiger partial charge >= 0.3 is 0 Å². The van der Waals surface area contributed by atoms with Crippen LogP contribution in [0, 0.1) is 6.92 Å². The van der Waals surface area contributed by atoms with E-state index in [0.717, 1.165) is 5.82 Å². The lowest BCUT2D eigenvalue weighted by Crippen LogP contribution is -2.17. The maximum Gasteiger partial charge on any atom is 0.126 e. The van der Waals surface area contributed by atoms with Gasteiger partial charge in [-0.3, -0.25) is 0 Å². The van der Waals surface area contributed by atoms with E-state index in [2.05, 4.69) is 47.6 Å². The van der Waals surface area contributed by atoms with Crippen molar-refractivity contribution in [2.24, 2.45) is 0 Å². The smallest absolute Gasteiger partial charge is 0.126 e. The number of benzene rings is 1. The molecule has 1 N–H and O–H groups in total. The minimum absolute atomic E-state index is 0.407. The van der Waals surface area contributed by atoms with Crippen molar-refractivity contribution in [3.8, 4) is 0 Å². The Labute approximate surface area is 108 Å². The second-order valence-electron chi connectivity index (χ2n) is 5.01. The molecule has 1 aliphatic carbocycles. The summed E-state index contributed by atoms with van der Waals surface area (Å²) in [4.78, 5) is 4.40. The van der Waals surface area contributed by atoms with Crippen molar-refractivity contribution in [2.75, 3.05) is 5.32 Å². The third-order valence-electron chi connectivity index (χ3n) is 3.61. The first kappa shape index (κ1) is 11.3. The number of aromatic nitrogens is 1. The Morgan fingerprint density at radius 3 is 3.00 bits per heavy atom. The average Bonchev–Trinajstić information content (AvgIpc) is 2.39. The lowest BCUT2D eigenvalue weighted by atomic mass is 9.88. The quantitative estimate of drug-likeness (QED) is 0.858. The second-order valence-corrected chi connectivity index (χ2v) is 5.01. The monoisotopic (exact) mass is 238 g/mol. The van der Waals surface area contributed by atoms with Crippen LogP contribution in [0.4, 0.5) is 5.82 Å². The predicted octanol–water partition coefficient (Wildman–Crippen LogP) is 3.88. The number of rotatable bonds is 2. The Morgan fingerprint density at radius 2 is 2.11 bits per heavy atom. The molecule has 1 aromatic carbocycles. The van der Waals surface area contributed by atoms with E-state index in [4.69, 9.17) is 0 Å². The molecule has 1 heterocycles. The van der Waals surface area contributed by atoms with Gasteiger partial charge in [0.25, 0.3) is 0 Å². The van der Waals surface area contributed by atoms with Gasteiger partial charge in [-0.15, -0.1) is 0 Å². The molecule has 0 radical (unpaired) electrons. The predicted molar refractivity (Wildman–Crippen MR) is 74.7 cm³/mol. The summed E-state index contributed by atoms with van der Waals surface area (Å²) < 4.78 is 0. The maximum absolute atomic E-state index is 4.40. The minimum atomic E-state index is 0.407. The van der Waals surface area contributed by atoms with Gasteiger partial charge in [-0.05, 0) is 55.0 Å². The molecule has 0 amide bonds. The molecule has 2 aromatic rings. The molecule has 1 atom stereocenters. The lowest BCUT2D eigenvalue weighted by molar-refractivity contribution is 0.598. The standard InChI is InChI=1S/C16H18N2/c1-12-9-10-17-16(11-12)18-15-8-4-6-13-5-2-3-7-14(13)15/h2-3,5,7,9-11,15H,4,6,8H2,1H3,(H,17,18). The molecule has 0 spiro atoms. The molecule has 18 heavy (non-hydrogen) atoms. The van der Waals surface area contributed by atoms with Gasteiger partial charge in [-0.2, -0.15) is 0 Å². The van der Waals surface area contributed by atoms with Crippen molar-refractivity contribution < 1.29 is 0 Å². The van der Waals surface area contributed by atoms with Crippen LogP contribution in [0.2, 0.25) is 0 Å². The van der Waals surface area contributed by atoms with Gasteiger partial charge < -0.3 is 5.32 Å². The normalized spacial score (nSPS) is 18.2. The summed E-state index contributed by atoms with van der Waals surface area (Å²) in [6.07, 6.45) is 5.51. The Hall–Kier alpha value is -1.83. The Kier molecular flexibility index (Phi) is 3.01. The van der Waals surface area contributed by atoms with E-state index in [1.807, 2.05) is 12.3 Å². The fraction of sp³-hybridized carbons (Fsp3) is 0.312. The van der Waals surface area contributed by atoms with Crippen molar-refractivity contribution in [3.63, 3.8) is 0 Å². The summed E-state index contributed by atoms with van der Waals surface area (Å²) in [6.45, 7) is 2.10. The van der Waals surface area contributed by atoms with Crippen LogP contribution in [-0.2, 0) is 6.42 Å². The van der Waals surface area contributed by atoms with E-state index in [1.165, 1.54) is 36.0 Å². The number of nitrogens with one attached hydrogen (secondary N) is 1. The van der Waals surface area contributed by atoms with E-state index in [1.54, 1.807) is 0 Å². The van der Waals surface area contributed by atoms with Gasteiger partial charge in [0, 0.05) is 6.20 Å². The van der Waals surface area contributed by atoms with Crippen molar-refractivity contribution >= 4 is 5.82 Å². The van der Waals surface area contributed by atoms with Crippen LogP contribution in [-0.4, -0.2) is 4.98 Å². The van der Waals surface area contributed by atoms with E-state index in [-0.39, 0.29) is 0 Å². The molecule has 1 unspecified atom stereocenters. The molecule has 0 saturated heterocycles. The largest absolute Gasteiger partial charge is 0.363 e. The second kappa shape index (κ2) is 4.81. The molecular formula is C16H18N2. The zero-order valence-electron chi connectivity index (χ0n) is 10.7. The van der Waals surface area contributed by atoms with Crippen molar-refractivity contribution in [2.45, 2.75) is 32.2 Å². The summed E-state index contributed by atoms with van der Waals surface area (Å²) in [5, 5.41) is 3.57. The molecule has 2 heteroatoms.